The van der Waals surface area contributed by atoms with E-state index in [0.717, 1.165) is 19.3 Å². The van der Waals surface area contributed by atoms with Crippen LogP contribution in [0.5, 0.6) is 0 Å². The van der Waals surface area contributed by atoms with E-state index in [1.54, 1.807) is 0 Å². The van der Waals surface area contributed by atoms with E-state index in [1.165, 1.54) is 28.8 Å². The smallest absolute Gasteiger partial charge is 0.171 e. The van der Waals surface area contributed by atoms with Gasteiger partial charge in [-0.15, -0.1) is 0 Å². The van der Waals surface area contributed by atoms with Gasteiger partial charge >= 0.3 is 0 Å². The molecule has 24 heavy (non-hydrogen) atoms. The molecule has 0 aliphatic heterocycles. The Kier molecular flexibility index (Phi) is 5.57. The lowest BCUT2D eigenvalue weighted by molar-refractivity contribution is -0.576. The molecule has 1 heterocycles. The fourth-order valence-corrected chi connectivity index (χ4v) is 3.03. The van der Waals surface area contributed by atoms with E-state index in [1.807, 2.05) is 6.20 Å². The highest BCUT2D eigenvalue weighted by Gasteiger charge is 2.10. The Morgan fingerprint density at radius 1 is 0.750 bits per heavy atom. The molecule has 0 aliphatic rings. The lowest BCUT2D eigenvalue weighted by Gasteiger charge is -2.05. The van der Waals surface area contributed by atoms with Gasteiger partial charge in [-0.05, 0) is 42.5 Å². The summed E-state index contributed by atoms with van der Waals surface area (Å²) in [5.41, 5.74) is 5.43. The quantitative estimate of drug-likeness (QED) is 0.549. The summed E-state index contributed by atoms with van der Waals surface area (Å²) in [6.45, 7) is 3.93. The second-order valence-electron chi connectivity index (χ2n) is 6.12. The van der Waals surface area contributed by atoms with Crippen molar-refractivity contribution in [2.75, 3.05) is 0 Å². The average Bonchev–Trinajstić information content (AvgIpc) is 2.64. The summed E-state index contributed by atoms with van der Waals surface area (Å²) in [4.78, 5) is 0. The van der Waals surface area contributed by atoms with Crippen LogP contribution in [0, 0.1) is 0 Å². The molecular formula is C23H24N+. The normalized spacial score (nSPS) is 10.5. The Hall–Kier alpha value is -2.67. The van der Waals surface area contributed by atoms with E-state index in [4.69, 9.17) is 0 Å². The van der Waals surface area contributed by atoms with Crippen LogP contribution < -0.4 is 4.57 Å². The standard InChI is InChI=1S/C23H24N/c1-2-24-17-16-22(15-9-14-20-10-5-3-6-11-20)19-23(24)18-21-12-7-4-8-13-21/h2-8,10-13,16-17,19H,1,9,14-15,18H2/q+1. The van der Waals surface area contributed by atoms with Crippen LogP contribution in [-0.4, -0.2) is 0 Å². The summed E-state index contributed by atoms with van der Waals surface area (Å²) in [6.07, 6.45) is 8.35. The van der Waals surface area contributed by atoms with Gasteiger partial charge < -0.3 is 0 Å². The van der Waals surface area contributed by atoms with Crippen LogP contribution in [0.25, 0.3) is 6.20 Å². The number of aromatic nitrogens is 1. The third-order valence-corrected chi connectivity index (χ3v) is 4.33. The zero-order valence-corrected chi connectivity index (χ0v) is 14.1. The summed E-state index contributed by atoms with van der Waals surface area (Å²) in [6, 6.07) is 25.8. The Morgan fingerprint density at radius 2 is 1.38 bits per heavy atom. The molecule has 0 atom stereocenters. The van der Waals surface area contributed by atoms with Gasteiger partial charge in [-0.1, -0.05) is 60.7 Å². The van der Waals surface area contributed by atoms with Crippen molar-refractivity contribution in [2.24, 2.45) is 0 Å². The Balaban J connectivity index is 1.68. The Labute approximate surface area is 144 Å². The molecule has 0 unspecified atom stereocenters. The van der Waals surface area contributed by atoms with Gasteiger partial charge in [-0.25, -0.2) is 0 Å². The maximum atomic E-state index is 3.93. The van der Waals surface area contributed by atoms with Gasteiger partial charge in [-0.2, -0.15) is 4.57 Å². The van der Waals surface area contributed by atoms with Crippen molar-refractivity contribution < 1.29 is 4.57 Å². The van der Waals surface area contributed by atoms with Gasteiger partial charge in [0.05, 0.1) is 6.42 Å². The largest absolute Gasteiger partial charge is 0.191 e. The highest BCUT2D eigenvalue weighted by molar-refractivity contribution is 5.24. The lowest BCUT2D eigenvalue weighted by atomic mass is 10.0. The molecule has 1 heteroatoms. The molecule has 0 radical (unpaired) electrons. The molecule has 0 fully saturated rings. The molecule has 0 saturated heterocycles. The van der Waals surface area contributed by atoms with Gasteiger partial charge in [0.2, 0.25) is 0 Å². The van der Waals surface area contributed by atoms with Gasteiger partial charge in [0.25, 0.3) is 0 Å². The highest BCUT2D eigenvalue weighted by Crippen LogP contribution is 2.11. The zero-order chi connectivity index (χ0) is 16.6. The van der Waals surface area contributed by atoms with Crippen LogP contribution in [0.4, 0.5) is 0 Å². The number of hydrogen-bond acceptors (Lipinski definition) is 0. The third kappa shape index (κ3) is 4.42. The number of hydrogen-bond donors (Lipinski definition) is 0. The van der Waals surface area contributed by atoms with Crippen LogP contribution in [0.3, 0.4) is 0 Å². The molecule has 1 aromatic heterocycles. The van der Waals surface area contributed by atoms with E-state index < -0.39 is 0 Å². The number of aryl methyl sites for hydroxylation is 2. The van der Waals surface area contributed by atoms with E-state index in [2.05, 4.69) is 90.1 Å². The first-order valence-electron chi connectivity index (χ1n) is 8.58. The average molecular weight is 314 g/mol. The molecule has 0 saturated carbocycles. The molecule has 0 N–H and O–H groups in total. The van der Waals surface area contributed by atoms with Crippen LogP contribution in [0.15, 0.2) is 85.6 Å². The summed E-state index contributed by atoms with van der Waals surface area (Å²) >= 11 is 0. The Bertz CT molecular complexity index is 776. The molecular weight excluding hydrogens is 290 g/mol. The Morgan fingerprint density at radius 3 is 2.04 bits per heavy atom. The van der Waals surface area contributed by atoms with Gasteiger partial charge in [-0.3, -0.25) is 0 Å². The number of pyridine rings is 1. The number of rotatable bonds is 7. The number of benzene rings is 2. The second-order valence-corrected chi connectivity index (χ2v) is 6.12. The van der Waals surface area contributed by atoms with E-state index in [-0.39, 0.29) is 0 Å². The predicted octanol–water partition coefficient (Wildman–Crippen LogP) is 4.84. The van der Waals surface area contributed by atoms with Crippen LogP contribution in [0.2, 0.25) is 0 Å². The van der Waals surface area contributed by atoms with Crippen molar-refractivity contribution in [2.45, 2.75) is 25.7 Å². The molecule has 1 nitrogen and oxygen atoms in total. The van der Waals surface area contributed by atoms with Crippen molar-refractivity contribution in [1.29, 1.82) is 0 Å². The van der Waals surface area contributed by atoms with E-state index in [0.29, 0.717) is 0 Å². The second kappa shape index (κ2) is 8.26. The first kappa shape index (κ1) is 16.2. The highest BCUT2D eigenvalue weighted by atomic mass is 14.9. The first-order chi connectivity index (χ1) is 11.8. The first-order valence-corrected chi connectivity index (χ1v) is 8.58. The van der Waals surface area contributed by atoms with Crippen molar-refractivity contribution in [3.8, 4) is 0 Å². The topological polar surface area (TPSA) is 3.88 Å². The molecule has 0 amide bonds. The van der Waals surface area contributed by atoms with Gasteiger partial charge in [0.15, 0.2) is 18.1 Å². The van der Waals surface area contributed by atoms with Crippen LogP contribution in [0.1, 0.15) is 28.8 Å². The maximum absolute atomic E-state index is 3.93. The van der Waals surface area contributed by atoms with Crippen molar-refractivity contribution >= 4 is 6.20 Å². The van der Waals surface area contributed by atoms with E-state index in [9.17, 15) is 0 Å². The summed E-state index contributed by atoms with van der Waals surface area (Å²) in [5, 5.41) is 0. The molecule has 3 aromatic rings. The van der Waals surface area contributed by atoms with Crippen molar-refractivity contribution in [3.05, 3.63) is 108 Å². The van der Waals surface area contributed by atoms with E-state index >= 15 is 0 Å². The fraction of sp³-hybridized carbons (Fsp3) is 0.174. The third-order valence-electron chi connectivity index (χ3n) is 4.33. The van der Waals surface area contributed by atoms with Crippen LogP contribution in [-0.2, 0) is 19.3 Å². The van der Waals surface area contributed by atoms with Gasteiger partial charge in [0, 0.05) is 12.1 Å². The molecule has 3 rings (SSSR count). The predicted molar refractivity (Wildman–Crippen MR) is 101 cm³/mol. The molecule has 0 spiro atoms. The van der Waals surface area contributed by atoms with Gasteiger partial charge in [0.1, 0.15) is 0 Å². The summed E-state index contributed by atoms with van der Waals surface area (Å²) in [5.74, 6) is 0. The zero-order valence-electron chi connectivity index (χ0n) is 14.1. The fourth-order valence-electron chi connectivity index (χ4n) is 3.03. The minimum Gasteiger partial charge on any atom is -0.171 e. The molecule has 0 aliphatic carbocycles. The minimum absolute atomic E-state index is 0.930. The monoisotopic (exact) mass is 314 g/mol. The number of nitrogens with zero attached hydrogens (tertiary/aromatic N) is 1. The molecule has 120 valence electrons. The summed E-state index contributed by atoms with van der Waals surface area (Å²) in [7, 11) is 0. The summed E-state index contributed by atoms with van der Waals surface area (Å²) < 4.78 is 2.12. The lowest BCUT2D eigenvalue weighted by Crippen LogP contribution is -2.31. The molecule has 0 bridgehead atoms. The van der Waals surface area contributed by atoms with Crippen molar-refractivity contribution in [3.63, 3.8) is 0 Å². The SMILES string of the molecule is C=C[n+]1ccc(CCCc2ccccc2)cc1Cc1ccccc1. The minimum atomic E-state index is 0.930. The van der Waals surface area contributed by atoms with Crippen LogP contribution >= 0.6 is 0 Å². The van der Waals surface area contributed by atoms with Crippen molar-refractivity contribution in [1.82, 2.24) is 0 Å². The maximum Gasteiger partial charge on any atom is 0.191 e. The molecule has 2 aromatic carbocycles.